The van der Waals surface area contributed by atoms with Crippen LogP contribution in [0.4, 0.5) is 0 Å². The van der Waals surface area contributed by atoms with Gasteiger partial charge < -0.3 is 10.1 Å². The molecule has 0 aromatic heterocycles. The van der Waals surface area contributed by atoms with E-state index >= 15 is 0 Å². The molecule has 3 heteroatoms. The van der Waals surface area contributed by atoms with Gasteiger partial charge in [0.15, 0.2) is 0 Å². The van der Waals surface area contributed by atoms with E-state index in [0.717, 1.165) is 32.3 Å². The van der Waals surface area contributed by atoms with E-state index in [1.807, 2.05) is 36.4 Å². The second-order valence-electron chi connectivity index (χ2n) is 7.72. The molecule has 0 amide bonds. The first-order chi connectivity index (χ1) is 13.3. The van der Waals surface area contributed by atoms with E-state index in [-0.39, 0.29) is 0 Å². The summed E-state index contributed by atoms with van der Waals surface area (Å²) in [4.78, 5) is 2.57. The molecular formula is C24H34N2O. The van der Waals surface area contributed by atoms with Crippen LogP contribution in [0.1, 0.15) is 30.4 Å². The molecule has 1 N–H and O–H groups in total. The Hall–Kier alpha value is -1.68. The molecule has 2 aromatic carbocycles. The van der Waals surface area contributed by atoms with E-state index < -0.39 is 0 Å². The number of benzene rings is 2. The molecule has 2 aromatic rings. The van der Waals surface area contributed by atoms with Crippen molar-refractivity contribution in [2.75, 3.05) is 32.8 Å². The summed E-state index contributed by atoms with van der Waals surface area (Å²) < 4.78 is 5.86. The lowest BCUT2D eigenvalue weighted by molar-refractivity contribution is -0.0273. The Balaban J connectivity index is 0.000000299. The zero-order valence-electron chi connectivity index (χ0n) is 16.6. The SMILES string of the molecule is Cc1ccc(CCCN2CCOC(CNC3CC3)C2)cc1.c1ccccc1. The van der Waals surface area contributed by atoms with Crippen LogP contribution in [0.25, 0.3) is 0 Å². The summed E-state index contributed by atoms with van der Waals surface area (Å²) >= 11 is 0. The van der Waals surface area contributed by atoms with Crippen LogP contribution in [-0.4, -0.2) is 49.8 Å². The first kappa shape index (κ1) is 20.1. The fraction of sp³-hybridized carbons (Fsp3) is 0.500. The molecule has 0 spiro atoms. The fourth-order valence-electron chi connectivity index (χ4n) is 3.34. The highest BCUT2D eigenvalue weighted by molar-refractivity contribution is 5.21. The second-order valence-corrected chi connectivity index (χ2v) is 7.72. The lowest BCUT2D eigenvalue weighted by atomic mass is 10.1. The normalized spacial score (nSPS) is 20.0. The molecule has 1 saturated heterocycles. The van der Waals surface area contributed by atoms with Gasteiger partial charge in [-0.2, -0.15) is 0 Å². The maximum atomic E-state index is 5.86. The van der Waals surface area contributed by atoms with Gasteiger partial charge in [-0.25, -0.2) is 0 Å². The molecule has 27 heavy (non-hydrogen) atoms. The first-order valence-electron chi connectivity index (χ1n) is 10.4. The second kappa shape index (κ2) is 11.2. The van der Waals surface area contributed by atoms with Gasteiger partial charge in [0, 0.05) is 25.7 Å². The number of aryl methyl sites for hydroxylation is 2. The van der Waals surface area contributed by atoms with Crippen LogP contribution in [0.3, 0.4) is 0 Å². The minimum Gasteiger partial charge on any atom is -0.374 e. The molecule has 0 bridgehead atoms. The maximum Gasteiger partial charge on any atom is 0.0826 e. The molecule has 1 saturated carbocycles. The van der Waals surface area contributed by atoms with E-state index in [2.05, 4.69) is 41.4 Å². The van der Waals surface area contributed by atoms with Crippen molar-refractivity contribution in [2.24, 2.45) is 0 Å². The molecule has 1 aliphatic heterocycles. The Kier molecular flexibility index (Phi) is 8.34. The van der Waals surface area contributed by atoms with Crippen LogP contribution in [-0.2, 0) is 11.2 Å². The van der Waals surface area contributed by atoms with Crippen LogP contribution >= 0.6 is 0 Å². The lowest BCUT2D eigenvalue weighted by Crippen LogP contribution is -2.47. The van der Waals surface area contributed by atoms with Gasteiger partial charge in [-0.3, -0.25) is 4.90 Å². The van der Waals surface area contributed by atoms with Crippen molar-refractivity contribution >= 4 is 0 Å². The third-order valence-corrected chi connectivity index (χ3v) is 5.16. The number of nitrogens with one attached hydrogen (secondary N) is 1. The molecule has 1 atom stereocenters. The molecule has 1 unspecified atom stereocenters. The molecule has 1 heterocycles. The summed E-state index contributed by atoms with van der Waals surface area (Å²) in [5.74, 6) is 0. The van der Waals surface area contributed by atoms with E-state index in [0.29, 0.717) is 6.10 Å². The van der Waals surface area contributed by atoms with Crippen molar-refractivity contribution < 1.29 is 4.74 Å². The van der Waals surface area contributed by atoms with Gasteiger partial charge in [0.25, 0.3) is 0 Å². The highest BCUT2D eigenvalue weighted by atomic mass is 16.5. The van der Waals surface area contributed by atoms with Crippen LogP contribution in [0, 0.1) is 6.92 Å². The Morgan fingerprint density at radius 2 is 1.67 bits per heavy atom. The first-order valence-corrected chi connectivity index (χ1v) is 10.4. The maximum absolute atomic E-state index is 5.86. The van der Waals surface area contributed by atoms with Gasteiger partial charge in [-0.05, 0) is 44.7 Å². The minimum absolute atomic E-state index is 0.388. The van der Waals surface area contributed by atoms with E-state index in [1.165, 1.54) is 43.4 Å². The topological polar surface area (TPSA) is 24.5 Å². The van der Waals surface area contributed by atoms with Gasteiger partial charge in [-0.15, -0.1) is 0 Å². The van der Waals surface area contributed by atoms with Gasteiger partial charge in [-0.1, -0.05) is 66.2 Å². The highest BCUT2D eigenvalue weighted by Crippen LogP contribution is 2.19. The summed E-state index contributed by atoms with van der Waals surface area (Å²) in [6.45, 7) is 7.44. The van der Waals surface area contributed by atoms with Crippen LogP contribution < -0.4 is 5.32 Å². The van der Waals surface area contributed by atoms with E-state index in [1.54, 1.807) is 0 Å². The molecule has 4 rings (SSSR count). The van der Waals surface area contributed by atoms with Gasteiger partial charge in [0.2, 0.25) is 0 Å². The smallest absolute Gasteiger partial charge is 0.0826 e. The Morgan fingerprint density at radius 1 is 1.00 bits per heavy atom. The number of hydrogen-bond acceptors (Lipinski definition) is 3. The van der Waals surface area contributed by atoms with Crippen molar-refractivity contribution in [3.05, 3.63) is 71.8 Å². The number of rotatable bonds is 7. The van der Waals surface area contributed by atoms with Crippen molar-refractivity contribution in [3.63, 3.8) is 0 Å². The number of nitrogens with zero attached hydrogens (tertiary/aromatic N) is 1. The average Bonchev–Trinajstić information content (AvgIpc) is 3.55. The molecule has 0 radical (unpaired) electrons. The summed E-state index contributed by atoms with van der Waals surface area (Å²) in [5.41, 5.74) is 2.80. The predicted octanol–water partition coefficient (Wildman–Crippen LogP) is 4.07. The summed E-state index contributed by atoms with van der Waals surface area (Å²) in [6.07, 6.45) is 5.52. The number of hydrogen-bond donors (Lipinski definition) is 1. The fourth-order valence-corrected chi connectivity index (χ4v) is 3.34. The monoisotopic (exact) mass is 366 g/mol. The standard InChI is InChI=1S/C18H28N2O.C6H6/c1-15-4-6-16(7-5-15)3-2-10-20-11-12-21-18(14-20)13-19-17-8-9-17;1-2-4-6-5-3-1/h4-7,17-19H,2-3,8-14H2,1H3;1-6H. The Morgan fingerprint density at radius 3 is 2.30 bits per heavy atom. The van der Waals surface area contributed by atoms with Crippen LogP contribution in [0.2, 0.25) is 0 Å². The minimum atomic E-state index is 0.388. The zero-order valence-corrected chi connectivity index (χ0v) is 16.6. The van der Waals surface area contributed by atoms with Crippen molar-refractivity contribution in [2.45, 2.75) is 44.8 Å². The average molecular weight is 367 g/mol. The van der Waals surface area contributed by atoms with Crippen molar-refractivity contribution in [1.82, 2.24) is 10.2 Å². The van der Waals surface area contributed by atoms with Crippen LogP contribution in [0.15, 0.2) is 60.7 Å². The third kappa shape index (κ3) is 8.25. The van der Waals surface area contributed by atoms with Gasteiger partial charge in [0.1, 0.15) is 0 Å². The highest BCUT2D eigenvalue weighted by Gasteiger charge is 2.24. The van der Waals surface area contributed by atoms with Crippen molar-refractivity contribution in [1.29, 1.82) is 0 Å². The Bertz CT molecular complexity index is 598. The van der Waals surface area contributed by atoms with E-state index in [9.17, 15) is 0 Å². The van der Waals surface area contributed by atoms with Gasteiger partial charge in [0.05, 0.1) is 12.7 Å². The quantitative estimate of drug-likeness (QED) is 0.799. The Labute approximate surface area is 164 Å². The molecular weight excluding hydrogens is 332 g/mol. The predicted molar refractivity (Wildman–Crippen MR) is 113 cm³/mol. The third-order valence-electron chi connectivity index (χ3n) is 5.16. The lowest BCUT2D eigenvalue weighted by Gasteiger charge is -2.33. The van der Waals surface area contributed by atoms with E-state index in [4.69, 9.17) is 4.74 Å². The molecule has 1 aliphatic carbocycles. The molecule has 2 aliphatic rings. The molecule has 2 fully saturated rings. The number of ether oxygens (including phenoxy) is 1. The van der Waals surface area contributed by atoms with Gasteiger partial charge >= 0.3 is 0 Å². The summed E-state index contributed by atoms with van der Waals surface area (Å²) in [7, 11) is 0. The molecule has 3 nitrogen and oxygen atoms in total. The largest absolute Gasteiger partial charge is 0.374 e. The number of morpholine rings is 1. The summed E-state index contributed by atoms with van der Waals surface area (Å²) in [5, 5.41) is 3.58. The van der Waals surface area contributed by atoms with Crippen LogP contribution in [0.5, 0.6) is 0 Å². The molecule has 146 valence electrons. The summed E-state index contributed by atoms with van der Waals surface area (Å²) in [6, 6.07) is 21.7. The zero-order chi connectivity index (χ0) is 18.7. The van der Waals surface area contributed by atoms with Crippen molar-refractivity contribution in [3.8, 4) is 0 Å².